The number of hydrogen-bond donors (Lipinski definition) is 2. The summed E-state index contributed by atoms with van der Waals surface area (Å²) in [5.74, 6) is 0.736. The molecule has 1 heterocycles. The fraction of sp³-hybridized carbons (Fsp3) is 0.316. The van der Waals surface area contributed by atoms with Gasteiger partial charge in [0, 0.05) is 36.4 Å². The second kappa shape index (κ2) is 8.34. The third-order valence-electron chi connectivity index (χ3n) is 4.31. The van der Waals surface area contributed by atoms with E-state index in [1.807, 2.05) is 42.5 Å². The van der Waals surface area contributed by atoms with Gasteiger partial charge in [0.15, 0.2) is 0 Å². The minimum atomic E-state index is -0.0286. The summed E-state index contributed by atoms with van der Waals surface area (Å²) in [5, 5.41) is 7.04. The molecule has 2 N–H and O–H groups in total. The van der Waals surface area contributed by atoms with Crippen LogP contribution in [0.25, 0.3) is 0 Å². The predicted octanol–water partition coefficient (Wildman–Crippen LogP) is 2.93. The number of ether oxygens (including phenoxy) is 1. The van der Waals surface area contributed by atoms with Crippen molar-refractivity contribution in [2.45, 2.75) is 6.04 Å². The van der Waals surface area contributed by atoms with Crippen LogP contribution in [0, 0.1) is 0 Å². The number of piperazine rings is 1. The zero-order valence-electron chi connectivity index (χ0n) is 14.2. The average Bonchev–Trinajstić information content (AvgIpc) is 2.63. The van der Waals surface area contributed by atoms with Crippen molar-refractivity contribution >= 4 is 23.2 Å². The molecule has 1 unspecified atom stereocenters. The van der Waals surface area contributed by atoms with Crippen LogP contribution in [0.15, 0.2) is 48.5 Å². The summed E-state index contributed by atoms with van der Waals surface area (Å²) in [7, 11) is 1.62. The Balaban J connectivity index is 1.65. The maximum atomic E-state index is 12.4. The summed E-state index contributed by atoms with van der Waals surface area (Å²) in [5.41, 5.74) is 1.89. The smallest absolute Gasteiger partial charge is 0.238 e. The summed E-state index contributed by atoms with van der Waals surface area (Å²) in [6.45, 7) is 2.82. The number of halogens is 1. The molecule has 1 aliphatic rings. The van der Waals surface area contributed by atoms with Crippen LogP contribution in [0.5, 0.6) is 5.75 Å². The van der Waals surface area contributed by atoms with Gasteiger partial charge >= 0.3 is 0 Å². The molecule has 0 aromatic heterocycles. The van der Waals surface area contributed by atoms with Gasteiger partial charge < -0.3 is 15.4 Å². The Morgan fingerprint density at radius 3 is 2.84 bits per heavy atom. The van der Waals surface area contributed by atoms with Crippen molar-refractivity contribution in [1.29, 1.82) is 0 Å². The number of carbonyl (C=O) groups excluding carboxylic acids is 1. The number of nitrogens with zero attached hydrogens (tertiary/aromatic N) is 1. The molecule has 0 aliphatic carbocycles. The van der Waals surface area contributed by atoms with Gasteiger partial charge in [0.2, 0.25) is 5.91 Å². The third kappa shape index (κ3) is 4.72. The molecule has 2 aromatic rings. The first-order valence-electron chi connectivity index (χ1n) is 8.30. The van der Waals surface area contributed by atoms with E-state index in [1.165, 1.54) is 0 Å². The second-order valence-electron chi connectivity index (χ2n) is 6.02. The lowest BCUT2D eigenvalue weighted by molar-refractivity contribution is -0.118. The molecule has 2 aromatic carbocycles. The number of benzene rings is 2. The molecule has 1 saturated heterocycles. The number of hydrogen-bond acceptors (Lipinski definition) is 4. The highest BCUT2D eigenvalue weighted by atomic mass is 35.5. The first kappa shape index (κ1) is 17.7. The lowest BCUT2D eigenvalue weighted by atomic mass is 10.0. The van der Waals surface area contributed by atoms with Crippen molar-refractivity contribution in [3.05, 3.63) is 59.1 Å². The van der Waals surface area contributed by atoms with Gasteiger partial charge in [0.1, 0.15) is 5.75 Å². The van der Waals surface area contributed by atoms with E-state index < -0.39 is 0 Å². The Morgan fingerprint density at radius 2 is 2.12 bits per heavy atom. The van der Waals surface area contributed by atoms with Crippen LogP contribution in [0.1, 0.15) is 11.6 Å². The van der Waals surface area contributed by atoms with E-state index in [4.69, 9.17) is 16.3 Å². The molecule has 1 fully saturated rings. The van der Waals surface area contributed by atoms with Crippen LogP contribution >= 0.6 is 11.6 Å². The molecule has 6 heteroatoms. The molecule has 132 valence electrons. The van der Waals surface area contributed by atoms with E-state index >= 15 is 0 Å². The quantitative estimate of drug-likeness (QED) is 0.861. The maximum absolute atomic E-state index is 12.4. The fourth-order valence-electron chi connectivity index (χ4n) is 3.04. The minimum Gasteiger partial charge on any atom is -0.497 e. The molecule has 0 bridgehead atoms. The van der Waals surface area contributed by atoms with Crippen molar-refractivity contribution in [3.63, 3.8) is 0 Å². The van der Waals surface area contributed by atoms with Crippen LogP contribution in [0.3, 0.4) is 0 Å². The number of amides is 1. The van der Waals surface area contributed by atoms with Crippen molar-refractivity contribution < 1.29 is 9.53 Å². The van der Waals surface area contributed by atoms with Gasteiger partial charge in [0.25, 0.3) is 0 Å². The van der Waals surface area contributed by atoms with Gasteiger partial charge in [-0.15, -0.1) is 0 Å². The lowest BCUT2D eigenvalue weighted by Gasteiger charge is -2.36. The molecule has 1 aliphatic heterocycles. The van der Waals surface area contributed by atoms with Gasteiger partial charge in [-0.1, -0.05) is 23.7 Å². The summed E-state index contributed by atoms with van der Waals surface area (Å²) in [4.78, 5) is 14.6. The molecule has 0 spiro atoms. The van der Waals surface area contributed by atoms with Crippen molar-refractivity contribution in [2.75, 3.05) is 38.6 Å². The zero-order chi connectivity index (χ0) is 17.6. The van der Waals surface area contributed by atoms with E-state index in [-0.39, 0.29) is 11.9 Å². The number of carbonyl (C=O) groups is 1. The summed E-state index contributed by atoms with van der Waals surface area (Å²) in [6.07, 6.45) is 0. The van der Waals surface area contributed by atoms with Gasteiger partial charge in [-0.05, 0) is 42.0 Å². The number of rotatable bonds is 5. The summed E-state index contributed by atoms with van der Waals surface area (Å²) >= 11 is 6.12. The van der Waals surface area contributed by atoms with Crippen LogP contribution in [-0.2, 0) is 4.79 Å². The predicted molar refractivity (Wildman–Crippen MR) is 100 cm³/mol. The zero-order valence-corrected chi connectivity index (χ0v) is 14.9. The van der Waals surface area contributed by atoms with Crippen LogP contribution in [0.4, 0.5) is 5.69 Å². The highest BCUT2D eigenvalue weighted by Gasteiger charge is 2.25. The molecular formula is C19H22ClN3O2. The standard InChI is InChI=1S/C19H22ClN3O2/c1-25-17-7-5-16(6-8-17)22-19(24)13-23-10-9-21-12-18(23)14-3-2-4-15(20)11-14/h2-8,11,18,21H,9-10,12-13H2,1H3,(H,22,24). The minimum absolute atomic E-state index is 0.0286. The van der Waals surface area contributed by atoms with Crippen molar-refractivity contribution in [1.82, 2.24) is 10.2 Å². The number of nitrogens with one attached hydrogen (secondary N) is 2. The normalized spacial score (nSPS) is 17.9. The Hall–Kier alpha value is -2.08. The number of methoxy groups -OCH3 is 1. The Morgan fingerprint density at radius 1 is 1.32 bits per heavy atom. The average molecular weight is 360 g/mol. The molecule has 5 nitrogen and oxygen atoms in total. The second-order valence-corrected chi connectivity index (χ2v) is 6.46. The molecule has 0 radical (unpaired) electrons. The monoisotopic (exact) mass is 359 g/mol. The SMILES string of the molecule is COc1ccc(NC(=O)CN2CCNCC2c2cccc(Cl)c2)cc1. The van der Waals surface area contributed by atoms with Gasteiger partial charge in [0.05, 0.1) is 13.7 Å². The van der Waals surface area contributed by atoms with Crippen molar-refractivity contribution in [2.24, 2.45) is 0 Å². The van der Waals surface area contributed by atoms with Gasteiger partial charge in [-0.25, -0.2) is 0 Å². The Kier molecular flexibility index (Phi) is 5.91. The van der Waals surface area contributed by atoms with Gasteiger partial charge in [-0.3, -0.25) is 9.69 Å². The third-order valence-corrected chi connectivity index (χ3v) is 4.54. The van der Waals surface area contributed by atoms with Gasteiger partial charge in [-0.2, -0.15) is 0 Å². The molecule has 25 heavy (non-hydrogen) atoms. The van der Waals surface area contributed by atoms with Crippen LogP contribution in [-0.4, -0.2) is 44.1 Å². The molecule has 1 amide bonds. The van der Waals surface area contributed by atoms with Crippen LogP contribution < -0.4 is 15.4 Å². The van der Waals surface area contributed by atoms with E-state index in [2.05, 4.69) is 21.6 Å². The van der Waals surface area contributed by atoms with E-state index in [9.17, 15) is 4.79 Å². The largest absolute Gasteiger partial charge is 0.497 e. The summed E-state index contributed by atoms with van der Waals surface area (Å²) in [6, 6.07) is 15.3. The molecule has 0 saturated carbocycles. The first-order valence-corrected chi connectivity index (χ1v) is 8.67. The van der Waals surface area contributed by atoms with E-state index in [0.717, 1.165) is 36.6 Å². The van der Waals surface area contributed by atoms with E-state index in [0.29, 0.717) is 11.6 Å². The number of anilines is 1. The highest BCUT2D eigenvalue weighted by Crippen LogP contribution is 2.24. The highest BCUT2D eigenvalue weighted by molar-refractivity contribution is 6.30. The van der Waals surface area contributed by atoms with E-state index in [1.54, 1.807) is 7.11 Å². The molecular weight excluding hydrogens is 338 g/mol. The first-order chi connectivity index (χ1) is 12.2. The topological polar surface area (TPSA) is 53.6 Å². The molecule has 1 atom stereocenters. The Bertz CT molecular complexity index is 721. The maximum Gasteiger partial charge on any atom is 0.238 e. The lowest BCUT2D eigenvalue weighted by Crippen LogP contribution is -2.48. The van der Waals surface area contributed by atoms with Crippen molar-refractivity contribution in [3.8, 4) is 5.75 Å². The summed E-state index contributed by atoms with van der Waals surface area (Å²) < 4.78 is 5.13. The Labute approximate surface area is 152 Å². The van der Waals surface area contributed by atoms with Crippen LogP contribution in [0.2, 0.25) is 5.02 Å². The fourth-order valence-corrected chi connectivity index (χ4v) is 3.24. The molecule has 3 rings (SSSR count).